The molecule has 0 aliphatic heterocycles. The highest BCUT2D eigenvalue weighted by Crippen LogP contribution is 2.19. The molecule has 24 heavy (non-hydrogen) atoms. The SMILES string of the molecule is COc1ccccc1CCC(=O)OCc1nc2ccsc2c(=O)[nH]1. The number of esters is 1. The lowest BCUT2D eigenvalue weighted by Crippen LogP contribution is -2.13. The van der Waals surface area contributed by atoms with Crippen LogP contribution in [0.15, 0.2) is 40.5 Å². The summed E-state index contributed by atoms with van der Waals surface area (Å²) in [5.74, 6) is 0.740. The zero-order valence-corrected chi connectivity index (χ0v) is 13.9. The molecule has 0 spiro atoms. The molecule has 0 radical (unpaired) electrons. The molecule has 2 heterocycles. The number of nitrogens with one attached hydrogen (secondary N) is 1. The Balaban J connectivity index is 1.58. The lowest BCUT2D eigenvalue weighted by Gasteiger charge is -2.08. The summed E-state index contributed by atoms with van der Waals surface area (Å²) in [5.41, 5.74) is 1.35. The molecule has 0 atom stereocenters. The van der Waals surface area contributed by atoms with Crippen LogP contribution in [0.2, 0.25) is 0 Å². The van der Waals surface area contributed by atoms with Crippen molar-refractivity contribution in [2.24, 2.45) is 0 Å². The van der Waals surface area contributed by atoms with Gasteiger partial charge in [0, 0.05) is 6.42 Å². The minimum Gasteiger partial charge on any atom is -0.496 e. The van der Waals surface area contributed by atoms with Gasteiger partial charge in [-0.15, -0.1) is 11.3 Å². The Labute approximate surface area is 142 Å². The molecule has 6 nitrogen and oxygen atoms in total. The molecule has 1 N–H and O–H groups in total. The van der Waals surface area contributed by atoms with Crippen LogP contribution >= 0.6 is 11.3 Å². The van der Waals surface area contributed by atoms with Crippen LogP contribution in [0.5, 0.6) is 5.75 Å². The van der Waals surface area contributed by atoms with Gasteiger partial charge in [-0.3, -0.25) is 9.59 Å². The highest BCUT2D eigenvalue weighted by molar-refractivity contribution is 7.17. The Hall–Kier alpha value is -2.67. The first-order chi connectivity index (χ1) is 11.7. The second kappa shape index (κ2) is 7.27. The first-order valence-electron chi connectivity index (χ1n) is 7.41. The fourth-order valence-electron chi connectivity index (χ4n) is 2.36. The van der Waals surface area contributed by atoms with Crippen LogP contribution in [-0.4, -0.2) is 23.0 Å². The molecular weight excluding hydrogens is 328 g/mol. The van der Waals surface area contributed by atoms with E-state index in [0.717, 1.165) is 11.3 Å². The summed E-state index contributed by atoms with van der Waals surface area (Å²) in [7, 11) is 1.60. The number of ether oxygens (including phenoxy) is 2. The fraction of sp³-hybridized carbons (Fsp3) is 0.235. The van der Waals surface area contributed by atoms with E-state index in [9.17, 15) is 9.59 Å². The third-order valence-electron chi connectivity index (χ3n) is 3.52. The van der Waals surface area contributed by atoms with E-state index in [0.29, 0.717) is 22.5 Å². The van der Waals surface area contributed by atoms with E-state index in [2.05, 4.69) is 9.97 Å². The maximum absolute atomic E-state index is 11.9. The van der Waals surface area contributed by atoms with E-state index in [-0.39, 0.29) is 24.6 Å². The van der Waals surface area contributed by atoms with Crippen molar-refractivity contribution in [3.8, 4) is 5.75 Å². The van der Waals surface area contributed by atoms with Crippen molar-refractivity contribution in [3.63, 3.8) is 0 Å². The monoisotopic (exact) mass is 344 g/mol. The van der Waals surface area contributed by atoms with E-state index in [1.165, 1.54) is 11.3 Å². The summed E-state index contributed by atoms with van der Waals surface area (Å²) < 4.78 is 11.0. The van der Waals surface area contributed by atoms with Crippen molar-refractivity contribution in [2.45, 2.75) is 19.4 Å². The Morgan fingerprint density at radius 2 is 2.12 bits per heavy atom. The number of hydrogen-bond acceptors (Lipinski definition) is 6. The molecule has 0 amide bonds. The summed E-state index contributed by atoms with van der Waals surface area (Å²) in [6.45, 7) is -0.0498. The third-order valence-corrected chi connectivity index (χ3v) is 4.43. The number of aromatic amines is 1. The second-order valence-corrected chi connectivity index (χ2v) is 6.04. The number of carbonyl (C=O) groups excluding carboxylic acids is 1. The van der Waals surface area contributed by atoms with Crippen molar-refractivity contribution in [2.75, 3.05) is 7.11 Å². The first kappa shape index (κ1) is 16.2. The predicted octanol–water partition coefficient (Wildman–Crippen LogP) is 2.67. The van der Waals surface area contributed by atoms with E-state index in [1.54, 1.807) is 18.6 Å². The molecule has 0 saturated carbocycles. The van der Waals surface area contributed by atoms with Gasteiger partial charge >= 0.3 is 5.97 Å². The van der Waals surface area contributed by atoms with Gasteiger partial charge in [0.15, 0.2) is 0 Å². The van der Waals surface area contributed by atoms with Gasteiger partial charge in [0.25, 0.3) is 5.56 Å². The fourth-order valence-corrected chi connectivity index (χ4v) is 3.08. The quantitative estimate of drug-likeness (QED) is 0.695. The highest BCUT2D eigenvalue weighted by Gasteiger charge is 2.10. The number of thiophene rings is 1. The van der Waals surface area contributed by atoms with Gasteiger partial charge in [-0.05, 0) is 29.5 Å². The smallest absolute Gasteiger partial charge is 0.306 e. The average molecular weight is 344 g/mol. The normalized spacial score (nSPS) is 10.7. The number of fused-ring (bicyclic) bond motifs is 1. The lowest BCUT2D eigenvalue weighted by molar-refractivity contribution is -0.145. The van der Waals surface area contributed by atoms with Crippen LogP contribution in [0.1, 0.15) is 17.8 Å². The Morgan fingerprint density at radius 3 is 2.96 bits per heavy atom. The molecule has 7 heteroatoms. The molecule has 0 aliphatic rings. The largest absolute Gasteiger partial charge is 0.496 e. The maximum Gasteiger partial charge on any atom is 0.306 e. The van der Waals surface area contributed by atoms with E-state index >= 15 is 0 Å². The van der Waals surface area contributed by atoms with Gasteiger partial charge in [0.1, 0.15) is 22.9 Å². The number of methoxy groups -OCH3 is 1. The van der Waals surface area contributed by atoms with Crippen LogP contribution in [0.3, 0.4) is 0 Å². The molecule has 0 saturated heterocycles. The third kappa shape index (κ3) is 3.62. The molecule has 2 aromatic heterocycles. The van der Waals surface area contributed by atoms with Crippen molar-refractivity contribution in [1.82, 2.24) is 9.97 Å². The Kier molecular flexibility index (Phi) is 4.90. The number of H-pyrrole nitrogens is 1. The number of hydrogen-bond donors (Lipinski definition) is 1. The molecule has 3 rings (SSSR count). The number of aryl methyl sites for hydroxylation is 1. The molecule has 124 valence electrons. The van der Waals surface area contributed by atoms with Gasteiger partial charge in [0.05, 0.1) is 12.6 Å². The van der Waals surface area contributed by atoms with E-state index < -0.39 is 0 Å². The molecule has 0 aliphatic carbocycles. The minimum absolute atomic E-state index is 0.0498. The summed E-state index contributed by atoms with van der Waals surface area (Å²) in [6.07, 6.45) is 0.752. The van der Waals surface area contributed by atoms with Crippen LogP contribution in [0, 0.1) is 0 Å². The topological polar surface area (TPSA) is 81.3 Å². The Bertz CT molecular complexity index is 916. The number of benzene rings is 1. The van der Waals surface area contributed by atoms with Gasteiger partial charge in [-0.25, -0.2) is 4.98 Å². The van der Waals surface area contributed by atoms with Crippen LogP contribution in [0.25, 0.3) is 10.2 Å². The van der Waals surface area contributed by atoms with E-state index in [4.69, 9.17) is 9.47 Å². The first-order valence-corrected chi connectivity index (χ1v) is 8.29. The predicted molar refractivity (Wildman–Crippen MR) is 91.4 cm³/mol. The second-order valence-electron chi connectivity index (χ2n) is 5.12. The number of aromatic nitrogens is 2. The zero-order valence-electron chi connectivity index (χ0n) is 13.1. The average Bonchev–Trinajstić information content (AvgIpc) is 3.07. The molecule has 0 unspecified atom stereocenters. The van der Waals surface area contributed by atoms with Gasteiger partial charge < -0.3 is 14.5 Å². The van der Waals surface area contributed by atoms with Gasteiger partial charge in [-0.2, -0.15) is 0 Å². The van der Waals surface area contributed by atoms with Crippen LogP contribution in [0.4, 0.5) is 0 Å². The molecule has 0 fully saturated rings. The van der Waals surface area contributed by atoms with E-state index in [1.807, 2.05) is 24.3 Å². The zero-order chi connectivity index (χ0) is 16.9. The summed E-state index contributed by atoms with van der Waals surface area (Å²) in [4.78, 5) is 30.7. The molecule has 3 aromatic rings. The molecule has 1 aromatic carbocycles. The number of nitrogens with zero attached hydrogens (tertiary/aromatic N) is 1. The molecular formula is C17H16N2O4S. The van der Waals surface area contributed by atoms with Crippen LogP contribution < -0.4 is 10.3 Å². The van der Waals surface area contributed by atoms with Crippen molar-refractivity contribution >= 4 is 27.5 Å². The van der Waals surface area contributed by atoms with Crippen molar-refractivity contribution in [3.05, 3.63) is 57.5 Å². The number of carbonyl (C=O) groups is 1. The highest BCUT2D eigenvalue weighted by atomic mass is 32.1. The van der Waals surface area contributed by atoms with Gasteiger partial charge in [-0.1, -0.05) is 18.2 Å². The summed E-state index contributed by atoms with van der Waals surface area (Å²) >= 11 is 1.33. The standard InChI is InChI=1S/C17H16N2O4S/c1-22-13-5-3-2-4-11(13)6-7-15(20)23-10-14-18-12-8-9-24-16(12)17(21)19-14/h2-5,8-9H,6-7,10H2,1H3,(H,18,19,21). The van der Waals surface area contributed by atoms with Gasteiger partial charge in [0.2, 0.25) is 0 Å². The maximum atomic E-state index is 11.9. The van der Waals surface area contributed by atoms with Crippen molar-refractivity contribution < 1.29 is 14.3 Å². The number of para-hydroxylation sites is 1. The number of rotatable bonds is 6. The minimum atomic E-state index is -0.353. The lowest BCUT2D eigenvalue weighted by atomic mass is 10.1. The summed E-state index contributed by atoms with van der Waals surface area (Å²) in [5, 5.41) is 1.80. The van der Waals surface area contributed by atoms with Crippen LogP contribution in [-0.2, 0) is 22.6 Å². The van der Waals surface area contributed by atoms with Crippen molar-refractivity contribution in [1.29, 1.82) is 0 Å². The molecule has 0 bridgehead atoms. The summed E-state index contributed by atoms with van der Waals surface area (Å²) in [6, 6.07) is 9.31. The Morgan fingerprint density at radius 1 is 1.29 bits per heavy atom.